The van der Waals surface area contributed by atoms with Gasteiger partial charge in [0.1, 0.15) is 17.4 Å². The number of aromatic nitrogens is 2. The summed E-state index contributed by atoms with van der Waals surface area (Å²) in [4.78, 5) is 8.51. The SMILES string of the molecule is c1ccc(NC(Nc2ccccn2)c2ccco2)nc1. The Bertz CT molecular complexity index is 584. The number of furan rings is 1. The minimum absolute atomic E-state index is 0.241. The molecule has 0 spiro atoms. The number of hydrogen-bond acceptors (Lipinski definition) is 5. The van der Waals surface area contributed by atoms with E-state index < -0.39 is 0 Å². The van der Waals surface area contributed by atoms with Crippen LogP contribution < -0.4 is 10.6 Å². The summed E-state index contributed by atoms with van der Waals surface area (Å²) in [5, 5.41) is 6.55. The van der Waals surface area contributed by atoms with Gasteiger partial charge in [-0.2, -0.15) is 0 Å². The number of anilines is 2. The Kier molecular flexibility index (Phi) is 3.59. The van der Waals surface area contributed by atoms with E-state index in [1.165, 1.54) is 0 Å². The molecule has 5 nitrogen and oxygen atoms in total. The predicted molar refractivity (Wildman–Crippen MR) is 77.2 cm³/mol. The van der Waals surface area contributed by atoms with E-state index in [2.05, 4.69) is 20.6 Å². The number of rotatable bonds is 5. The number of pyridine rings is 2. The highest BCUT2D eigenvalue weighted by atomic mass is 16.3. The number of nitrogens with zero attached hydrogens (tertiary/aromatic N) is 2. The maximum atomic E-state index is 5.46. The first-order valence-corrected chi connectivity index (χ1v) is 6.30. The Balaban J connectivity index is 1.81. The number of hydrogen-bond donors (Lipinski definition) is 2. The lowest BCUT2D eigenvalue weighted by atomic mass is 10.3. The fourth-order valence-electron chi connectivity index (χ4n) is 1.83. The molecule has 0 saturated heterocycles. The maximum absolute atomic E-state index is 5.46. The van der Waals surface area contributed by atoms with Crippen LogP contribution >= 0.6 is 0 Å². The van der Waals surface area contributed by atoms with E-state index >= 15 is 0 Å². The monoisotopic (exact) mass is 266 g/mol. The lowest BCUT2D eigenvalue weighted by Crippen LogP contribution is -2.20. The van der Waals surface area contributed by atoms with Crippen LogP contribution in [0.5, 0.6) is 0 Å². The summed E-state index contributed by atoms with van der Waals surface area (Å²) >= 11 is 0. The van der Waals surface area contributed by atoms with Gasteiger partial charge in [-0.05, 0) is 36.4 Å². The van der Waals surface area contributed by atoms with E-state index in [-0.39, 0.29) is 6.17 Å². The standard InChI is InChI=1S/C15H14N4O/c1-3-9-16-13(7-1)18-15(12-6-5-11-20-12)19-14-8-2-4-10-17-14/h1-11,15H,(H,16,18)(H,17,19). The van der Waals surface area contributed by atoms with E-state index in [0.717, 1.165) is 17.4 Å². The van der Waals surface area contributed by atoms with E-state index in [9.17, 15) is 0 Å². The van der Waals surface area contributed by atoms with E-state index in [1.807, 2.05) is 48.5 Å². The van der Waals surface area contributed by atoms with Crippen LogP contribution in [0.1, 0.15) is 11.9 Å². The van der Waals surface area contributed by atoms with Crippen LogP contribution in [-0.4, -0.2) is 9.97 Å². The smallest absolute Gasteiger partial charge is 0.159 e. The molecule has 2 N–H and O–H groups in total. The van der Waals surface area contributed by atoms with Crippen molar-refractivity contribution in [2.45, 2.75) is 6.17 Å². The molecule has 0 amide bonds. The van der Waals surface area contributed by atoms with Crippen molar-refractivity contribution in [2.24, 2.45) is 0 Å². The molecule has 3 heterocycles. The fraction of sp³-hybridized carbons (Fsp3) is 0.0667. The van der Waals surface area contributed by atoms with E-state index in [1.54, 1.807) is 18.7 Å². The zero-order valence-corrected chi connectivity index (χ0v) is 10.7. The Labute approximate surface area is 116 Å². The Morgan fingerprint density at radius 1 is 0.800 bits per heavy atom. The molecule has 0 aromatic carbocycles. The van der Waals surface area contributed by atoms with Crippen molar-refractivity contribution in [3.05, 3.63) is 72.9 Å². The highest BCUT2D eigenvalue weighted by Crippen LogP contribution is 2.20. The molecule has 0 saturated carbocycles. The second kappa shape index (κ2) is 5.88. The summed E-state index contributed by atoms with van der Waals surface area (Å²) in [6.07, 6.45) is 4.88. The predicted octanol–water partition coefficient (Wildman–Crippen LogP) is 3.29. The van der Waals surface area contributed by atoms with Crippen molar-refractivity contribution >= 4 is 11.6 Å². The van der Waals surface area contributed by atoms with Gasteiger partial charge in [0.2, 0.25) is 0 Å². The molecular weight excluding hydrogens is 252 g/mol. The van der Waals surface area contributed by atoms with Crippen LogP contribution in [0.2, 0.25) is 0 Å². The van der Waals surface area contributed by atoms with Gasteiger partial charge >= 0.3 is 0 Å². The largest absolute Gasteiger partial charge is 0.465 e. The summed E-state index contributed by atoms with van der Waals surface area (Å²) in [6, 6.07) is 15.1. The van der Waals surface area contributed by atoms with Crippen LogP contribution in [0.15, 0.2) is 71.6 Å². The Morgan fingerprint density at radius 2 is 1.45 bits per heavy atom. The molecule has 3 aromatic heterocycles. The second-order valence-corrected chi connectivity index (χ2v) is 4.17. The van der Waals surface area contributed by atoms with Gasteiger partial charge in [-0.15, -0.1) is 0 Å². The molecule has 3 rings (SSSR count). The summed E-state index contributed by atoms with van der Waals surface area (Å²) in [6.45, 7) is 0. The van der Waals surface area contributed by atoms with Gasteiger partial charge in [0.05, 0.1) is 6.26 Å². The molecule has 3 aromatic rings. The molecule has 0 aliphatic rings. The molecule has 0 fully saturated rings. The average molecular weight is 266 g/mol. The highest BCUT2D eigenvalue weighted by molar-refractivity contribution is 5.43. The van der Waals surface area contributed by atoms with Crippen molar-refractivity contribution in [2.75, 3.05) is 10.6 Å². The zero-order chi connectivity index (χ0) is 13.6. The van der Waals surface area contributed by atoms with Crippen LogP contribution in [-0.2, 0) is 0 Å². The minimum atomic E-state index is -0.241. The van der Waals surface area contributed by atoms with Crippen LogP contribution in [0.25, 0.3) is 0 Å². The molecule has 0 aliphatic heterocycles. The van der Waals surface area contributed by atoms with Crippen LogP contribution in [0.3, 0.4) is 0 Å². The number of nitrogens with one attached hydrogen (secondary N) is 2. The molecule has 0 bridgehead atoms. The first kappa shape index (κ1) is 12.2. The van der Waals surface area contributed by atoms with Crippen LogP contribution in [0.4, 0.5) is 11.6 Å². The third-order valence-corrected chi connectivity index (χ3v) is 2.74. The molecule has 0 aliphatic carbocycles. The molecule has 0 radical (unpaired) electrons. The quantitative estimate of drug-likeness (QED) is 0.694. The Morgan fingerprint density at radius 3 is 1.90 bits per heavy atom. The van der Waals surface area contributed by atoms with Crippen molar-refractivity contribution in [3.8, 4) is 0 Å². The molecular formula is C15H14N4O. The first-order chi connectivity index (χ1) is 9.92. The summed E-state index contributed by atoms with van der Waals surface area (Å²) in [5.41, 5.74) is 0. The summed E-state index contributed by atoms with van der Waals surface area (Å²) < 4.78 is 5.46. The lowest BCUT2D eigenvalue weighted by molar-refractivity contribution is 0.493. The van der Waals surface area contributed by atoms with Gasteiger partial charge < -0.3 is 15.1 Å². The molecule has 5 heteroatoms. The summed E-state index contributed by atoms with van der Waals surface area (Å²) in [5.74, 6) is 2.29. The third-order valence-electron chi connectivity index (χ3n) is 2.74. The zero-order valence-electron chi connectivity index (χ0n) is 10.7. The third kappa shape index (κ3) is 2.95. The molecule has 100 valence electrons. The summed E-state index contributed by atoms with van der Waals surface area (Å²) in [7, 11) is 0. The van der Waals surface area contributed by atoms with Crippen LogP contribution in [0, 0.1) is 0 Å². The fourth-order valence-corrected chi connectivity index (χ4v) is 1.83. The highest BCUT2D eigenvalue weighted by Gasteiger charge is 2.14. The van der Waals surface area contributed by atoms with E-state index in [4.69, 9.17) is 4.42 Å². The average Bonchev–Trinajstić information content (AvgIpc) is 3.03. The van der Waals surface area contributed by atoms with Crippen molar-refractivity contribution in [3.63, 3.8) is 0 Å². The topological polar surface area (TPSA) is 63.0 Å². The normalized spacial score (nSPS) is 10.4. The van der Waals surface area contributed by atoms with Gasteiger partial charge in [-0.1, -0.05) is 12.1 Å². The Hall–Kier alpha value is -2.82. The lowest BCUT2D eigenvalue weighted by Gasteiger charge is -2.19. The molecule has 20 heavy (non-hydrogen) atoms. The van der Waals surface area contributed by atoms with Crippen molar-refractivity contribution < 1.29 is 4.42 Å². The van der Waals surface area contributed by atoms with Crippen molar-refractivity contribution in [1.29, 1.82) is 0 Å². The van der Waals surface area contributed by atoms with Gasteiger partial charge in [-0.3, -0.25) is 0 Å². The van der Waals surface area contributed by atoms with Gasteiger partial charge in [0, 0.05) is 12.4 Å². The molecule has 0 atom stereocenters. The van der Waals surface area contributed by atoms with Gasteiger partial charge in [0.25, 0.3) is 0 Å². The minimum Gasteiger partial charge on any atom is -0.465 e. The van der Waals surface area contributed by atoms with E-state index in [0.29, 0.717) is 0 Å². The van der Waals surface area contributed by atoms with Gasteiger partial charge in [-0.25, -0.2) is 9.97 Å². The maximum Gasteiger partial charge on any atom is 0.159 e. The van der Waals surface area contributed by atoms with Crippen molar-refractivity contribution in [1.82, 2.24) is 9.97 Å². The molecule has 0 unspecified atom stereocenters. The van der Waals surface area contributed by atoms with Gasteiger partial charge in [0.15, 0.2) is 6.17 Å². The first-order valence-electron chi connectivity index (χ1n) is 6.30. The second-order valence-electron chi connectivity index (χ2n) is 4.17.